The number of hydrogen-bond acceptors (Lipinski definition) is 1. The van der Waals surface area contributed by atoms with Crippen LogP contribution in [-0.2, 0) is 6.42 Å². The van der Waals surface area contributed by atoms with Crippen LogP contribution in [0.2, 0.25) is 0 Å². The van der Waals surface area contributed by atoms with Crippen molar-refractivity contribution in [2.75, 3.05) is 5.88 Å². The van der Waals surface area contributed by atoms with Crippen molar-refractivity contribution < 1.29 is 4.39 Å². The predicted octanol–water partition coefficient (Wildman–Crippen LogP) is 4.69. The van der Waals surface area contributed by atoms with E-state index < -0.39 is 0 Å². The third kappa shape index (κ3) is 2.29. The zero-order chi connectivity index (χ0) is 13.6. The van der Waals surface area contributed by atoms with Crippen molar-refractivity contribution in [3.8, 4) is 0 Å². The second kappa shape index (κ2) is 5.06. The maximum atomic E-state index is 13.8. The van der Waals surface area contributed by atoms with E-state index in [0.717, 1.165) is 36.1 Å². The molecule has 0 saturated heterocycles. The average molecular weight is 346 g/mol. The van der Waals surface area contributed by atoms with Crippen LogP contribution in [0.25, 0.3) is 11.0 Å². The maximum absolute atomic E-state index is 13.8. The summed E-state index contributed by atoms with van der Waals surface area (Å²) in [6.45, 7) is 2.20. The van der Waals surface area contributed by atoms with E-state index in [9.17, 15) is 4.39 Å². The fourth-order valence-electron chi connectivity index (χ4n) is 2.76. The van der Waals surface area contributed by atoms with E-state index in [-0.39, 0.29) is 5.82 Å². The smallest absolute Gasteiger partial charge is 0.139 e. The summed E-state index contributed by atoms with van der Waals surface area (Å²) in [6.07, 6.45) is 3.04. The first-order valence-corrected chi connectivity index (χ1v) is 7.90. The zero-order valence-corrected chi connectivity index (χ0v) is 13.0. The van der Waals surface area contributed by atoms with Crippen molar-refractivity contribution in [1.82, 2.24) is 9.55 Å². The summed E-state index contributed by atoms with van der Waals surface area (Å²) in [5.41, 5.74) is 1.73. The molecule has 1 aliphatic rings. The summed E-state index contributed by atoms with van der Waals surface area (Å²) in [5, 5.41) is 0. The van der Waals surface area contributed by atoms with Crippen LogP contribution in [0.4, 0.5) is 4.39 Å². The average Bonchev–Trinajstić information content (AvgIpc) is 3.08. The lowest BCUT2D eigenvalue weighted by molar-refractivity contribution is 0.613. The fourth-order valence-corrected chi connectivity index (χ4v) is 3.26. The summed E-state index contributed by atoms with van der Waals surface area (Å²) in [6, 6.07) is 3.80. The molecular formula is C14H15BrClFN2. The molecule has 2 aromatic rings. The van der Waals surface area contributed by atoms with Gasteiger partial charge in [-0.05, 0) is 34.3 Å². The Morgan fingerprint density at radius 3 is 2.95 bits per heavy atom. The number of benzene rings is 1. The van der Waals surface area contributed by atoms with Crippen molar-refractivity contribution in [3.05, 3.63) is 28.2 Å². The summed E-state index contributed by atoms with van der Waals surface area (Å²) >= 11 is 9.07. The molecule has 0 amide bonds. The molecule has 5 heteroatoms. The lowest BCUT2D eigenvalue weighted by Crippen LogP contribution is -2.04. The Bertz CT molecular complexity index is 625. The van der Waals surface area contributed by atoms with Gasteiger partial charge in [-0.25, -0.2) is 9.37 Å². The minimum atomic E-state index is -0.236. The van der Waals surface area contributed by atoms with E-state index in [1.807, 2.05) is 0 Å². The van der Waals surface area contributed by atoms with Crippen molar-refractivity contribution in [3.63, 3.8) is 0 Å². The molecule has 19 heavy (non-hydrogen) atoms. The maximum Gasteiger partial charge on any atom is 0.139 e. The van der Waals surface area contributed by atoms with E-state index >= 15 is 0 Å². The minimum Gasteiger partial charge on any atom is -0.324 e. The van der Waals surface area contributed by atoms with Crippen LogP contribution in [0.15, 0.2) is 16.6 Å². The number of imidazole rings is 1. The van der Waals surface area contributed by atoms with Crippen LogP contribution in [0, 0.1) is 11.7 Å². The normalized spacial score (nSPS) is 22.1. The van der Waals surface area contributed by atoms with Gasteiger partial charge in [0.05, 0.1) is 15.5 Å². The number of halogens is 3. The molecular weight excluding hydrogens is 331 g/mol. The monoisotopic (exact) mass is 344 g/mol. The Labute approximate surface area is 125 Å². The Hall–Kier alpha value is -0.610. The molecule has 1 aromatic heterocycles. The highest BCUT2D eigenvalue weighted by Crippen LogP contribution is 2.47. The highest BCUT2D eigenvalue weighted by molar-refractivity contribution is 9.10. The Balaban J connectivity index is 2.15. The highest BCUT2D eigenvalue weighted by atomic mass is 79.9. The number of alkyl halides is 1. The Kier molecular flexibility index (Phi) is 3.56. The topological polar surface area (TPSA) is 17.8 Å². The van der Waals surface area contributed by atoms with Gasteiger partial charge < -0.3 is 4.57 Å². The number of rotatable bonds is 4. The van der Waals surface area contributed by atoms with Crippen molar-refractivity contribution in [2.24, 2.45) is 5.92 Å². The van der Waals surface area contributed by atoms with Gasteiger partial charge in [-0.1, -0.05) is 13.3 Å². The summed E-state index contributed by atoms with van der Waals surface area (Å²) < 4.78 is 16.4. The second-order valence-electron chi connectivity index (χ2n) is 5.06. The van der Waals surface area contributed by atoms with Gasteiger partial charge in [0.2, 0.25) is 0 Å². The van der Waals surface area contributed by atoms with E-state index in [1.165, 1.54) is 0 Å². The number of hydrogen-bond donors (Lipinski definition) is 0. The van der Waals surface area contributed by atoms with Gasteiger partial charge in [0, 0.05) is 24.4 Å². The molecule has 0 aliphatic heterocycles. The molecule has 102 valence electrons. The molecule has 1 aliphatic carbocycles. The number of aryl methyl sites for hydroxylation is 1. The first-order chi connectivity index (χ1) is 9.15. The van der Waals surface area contributed by atoms with Gasteiger partial charge in [-0.15, -0.1) is 11.6 Å². The molecule has 0 N–H and O–H groups in total. The summed E-state index contributed by atoms with van der Waals surface area (Å²) in [5.74, 6) is 1.97. The quantitative estimate of drug-likeness (QED) is 0.735. The highest BCUT2D eigenvalue weighted by Gasteiger charge is 2.39. The minimum absolute atomic E-state index is 0.236. The predicted molar refractivity (Wildman–Crippen MR) is 79.3 cm³/mol. The van der Waals surface area contributed by atoms with Crippen LogP contribution in [0.5, 0.6) is 0 Å². The van der Waals surface area contributed by atoms with E-state index in [0.29, 0.717) is 22.3 Å². The molecule has 1 fully saturated rings. The number of aromatic nitrogens is 2. The van der Waals surface area contributed by atoms with Crippen molar-refractivity contribution in [2.45, 2.75) is 32.2 Å². The molecule has 1 saturated carbocycles. The fraction of sp³-hybridized carbons (Fsp3) is 0.500. The lowest BCUT2D eigenvalue weighted by Gasteiger charge is -2.08. The SMILES string of the molecule is CCC1CC1n1c(CCCl)nc2cc(Br)c(F)cc21. The summed E-state index contributed by atoms with van der Waals surface area (Å²) in [4.78, 5) is 4.62. The molecule has 2 nitrogen and oxygen atoms in total. The van der Waals surface area contributed by atoms with Crippen molar-refractivity contribution in [1.29, 1.82) is 0 Å². The van der Waals surface area contributed by atoms with Gasteiger partial charge in [0.15, 0.2) is 0 Å². The molecule has 1 heterocycles. The van der Waals surface area contributed by atoms with Gasteiger partial charge in [-0.2, -0.15) is 0 Å². The van der Waals surface area contributed by atoms with Gasteiger partial charge in [0.25, 0.3) is 0 Å². The van der Waals surface area contributed by atoms with Crippen LogP contribution in [0.3, 0.4) is 0 Å². The van der Waals surface area contributed by atoms with E-state index in [1.54, 1.807) is 12.1 Å². The Morgan fingerprint density at radius 1 is 1.53 bits per heavy atom. The first-order valence-electron chi connectivity index (χ1n) is 6.57. The molecule has 2 unspecified atom stereocenters. The van der Waals surface area contributed by atoms with Crippen LogP contribution < -0.4 is 0 Å². The third-order valence-electron chi connectivity index (χ3n) is 3.86. The Morgan fingerprint density at radius 2 is 2.32 bits per heavy atom. The van der Waals surface area contributed by atoms with Gasteiger partial charge in [-0.3, -0.25) is 0 Å². The van der Waals surface area contributed by atoms with E-state index in [2.05, 4.69) is 32.4 Å². The third-order valence-corrected chi connectivity index (χ3v) is 4.66. The van der Waals surface area contributed by atoms with Crippen LogP contribution in [0.1, 0.15) is 31.6 Å². The first kappa shape index (κ1) is 13.4. The summed E-state index contributed by atoms with van der Waals surface area (Å²) in [7, 11) is 0. The lowest BCUT2D eigenvalue weighted by atomic mass is 10.3. The van der Waals surface area contributed by atoms with Gasteiger partial charge >= 0.3 is 0 Å². The number of nitrogens with zero attached hydrogens (tertiary/aromatic N) is 2. The standard InChI is InChI=1S/C14H15BrClFN2/c1-2-8-5-12(8)19-13-7-10(17)9(15)6-11(13)18-14(19)3-4-16/h6-8,12H,2-5H2,1H3. The zero-order valence-electron chi connectivity index (χ0n) is 10.7. The molecule has 0 spiro atoms. The molecule has 2 atom stereocenters. The largest absolute Gasteiger partial charge is 0.324 e. The van der Waals surface area contributed by atoms with Crippen LogP contribution >= 0.6 is 27.5 Å². The van der Waals surface area contributed by atoms with E-state index in [4.69, 9.17) is 11.6 Å². The molecule has 3 rings (SSSR count). The van der Waals surface area contributed by atoms with Gasteiger partial charge in [0.1, 0.15) is 11.6 Å². The van der Waals surface area contributed by atoms with Crippen molar-refractivity contribution >= 4 is 38.6 Å². The molecule has 0 radical (unpaired) electrons. The number of fused-ring (bicyclic) bond motifs is 1. The molecule has 0 bridgehead atoms. The van der Waals surface area contributed by atoms with Crippen LogP contribution in [-0.4, -0.2) is 15.4 Å². The second-order valence-corrected chi connectivity index (χ2v) is 6.30. The molecule has 1 aromatic carbocycles.